The van der Waals surface area contributed by atoms with Gasteiger partial charge in [0.15, 0.2) is 0 Å². The number of hydrogen-bond donors (Lipinski definition) is 0. The number of aryl methyl sites for hydroxylation is 2. The molecule has 25 heavy (non-hydrogen) atoms. The second-order valence-electron chi connectivity index (χ2n) is 6.93. The van der Waals surface area contributed by atoms with Gasteiger partial charge >= 0.3 is 0 Å². The van der Waals surface area contributed by atoms with Crippen molar-refractivity contribution in [1.82, 2.24) is 9.80 Å². The topological polar surface area (TPSA) is 45.9 Å². The molecule has 2 aliphatic heterocycles. The molecule has 1 amide bonds. The van der Waals surface area contributed by atoms with Crippen molar-refractivity contribution in [2.75, 3.05) is 32.8 Å². The van der Waals surface area contributed by atoms with Gasteiger partial charge in [0, 0.05) is 19.6 Å². The van der Waals surface area contributed by atoms with Crippen LogP contribution < -0.4 is 0 Å². The predicted molar refractivity (Wildman–Crippen MR) is 94.6 cm³/mol. The van der Waals surface area contributed by atoms with Crippen LogP contribution in [0.5, 0.6) is 0 Å². The van der Waals surface area contributed by atoms with Crippen LogP contribution in [0.3, 0.4) is 0 Å². The maximum absolute atomic E-state index is 12.9. The van der Waals surface area contributed by atoms with E-state index in [0.29, 0.717) is 31.1 Å². The summed E-state index contributed by atoms with van der Waals surface area (Å²) in [5.74, 6) is 1.55. The maximum atomic E-state index is 12.9. The number of amides is 1. The minimum absolute atomic E-state index is 0.0656. The summed E-state index contributed by atoms with van der Waals surface area (Å²) in [5.41, 5.74) is 1.97. The van der Waals surface area contributed by atoms with Gasteiger partial charge in [-0.3, -0.25) is 9.69 Å². The molecule has 1 aromatic heterocycles. The molecule has 2 atom stereocenters. The summed E-state index contributed by atoms with van der Waals surface area (Å²) in [6.07, 6.45) is 0. The van der Waals surface area contributed by atoms with Crippen molar-refractivity contribution in [1.29, 1.82) is 0 Å². The van der Waals surface area contributed by atoms with Crippen LogP contribution in [0.4, 0.5) is 0 Å². The van der Waals surface area contributed by atoms with E-state index in [1.54, 1.807) is 0 Å². The Morgan fingerprint density at radius 3 is 2.64 bits per heavy atom. The van der Waals surface area contributed by atoms with E-state index in [0.717, 1.165) is 18.8 Å². The van der Waals surface area contributed by atoms with Gasteiger partial charge in [0.1, 0.15) is 11.5 Å². The Labute approximate surface area is 148 Å². The van der Waals surface area contributed by atoms with E-state index >= 15 is 0 Å². The zero-order valence-electron chi connectivity index (χ0n) is 14.8. The van der Waals surface area contributed by atoms with E-state index in [1.807, 2.05) is 30.9 Å². The van der Waals surface area contributed by atoms with E-state index in [-0.39, 0.29) is 18.0 Å². The van der Waals surface area contributed by atoms with Crippen molar-refractivity contribution in [3.05, 3.63) is 59.0 Å². The van der Waals surface area contributed by atoms with Crippen LogP contribution in [0.25, 0.3) is 0 Å². The van der Waals surface area contributed by atoms with E-state index in [4.69, 9.17) is 9.15 Å². The number of ether oxygens (including phenoxy) is 1. The smallest absolute Gasteiger partial charge is 0.257 e. The fraction of sp³-hybridized carbons (Fsp3) is 0.450. The van der Waals surface area contributed by atoms with E-state index in [9.17, 15) is 4.79 Å². The lowest BCUT2D eigenvalue weighted by molar-refractivity contribution is -0.0770. The average Bonchev–Trinajstić information content (AvgIpc) is 2.99. The number of fused-ring (bicyclic) bond motifs is 1. The first kappa shape index (κ1) is 16.4. The normalized spacial score (nSPS) is 24.2. The minimum Gasteiger partial charge on any atom is -0.466 e. The van der Waals surface area contributed by atoms with Gasteiger partial charge in [0.2, 0.25) is 0 Å². The first-order valence-corrected chi connectivity index (χ1v) is 8.88. The Hall–Kier alpha value is -2.11. The lowest BCUT2D eigenvalue weighted by Gasteiger charge is -2.48. The quantitative estimate of drug-likeness (QED) is 0.843. The molecule has 1 aromatic carbocycles. The summed E-state index contributed by atoms with van der Waals surface area (Å²) in [4.78, 5) is 17.3. The van der Waals surface area contributed by atoms with Gasteiger partial charge in [-0.1, -0.05) is 30.3 Å². The fourth-order valence-corrected chi connectivity index (χ4v) is 4.00. The Kier molecular flexibility index (Phi) is 4.36. The average molecular weight is 340 g/mol. The summed E-state index contributed by atoms with van der Waals surface area (Å²) < 4.78 is 11.4. The molecule has 4 rings (SSSR count). The molecule has 0 radical (unpaired) electrons. The molecule has 2 aliphatic rings. The van der Waals surface area contributed by atoms with Gasteiger partial charge in [-0.05, 0) is 25.5 Å². The Bertz CT molecular complexity index is 756. The highest BCUT2D eigenvalue weighted by Crippen LogP contribution is 2.30. The van der Waals surface area contributed by atoms with Crippen molar-refractivity contribution in [3.63, 3.8) is 0 Å². The predicted octanol–water partition coefficient (Wildman–Crippen LogP) is 2.79. The van der Waals surface area contributed by atoms with Crippen LogP contribution in [0.1, 0.15) is 33.5 Å². The van der Waals surface area contributed by atoms with E-state index in [2.05, 4.69) is 29.2 Å². The first-order chi connectivity index (χ1) is 12.1. The summed E-state index contributed by atoms with van der Waals surface area (Å²) in [5, 5.41) is 0. The molecule has 2 fully saturated rings. The van der Waals surface area contributed by atoms with Gasteiger partial charge in [-0.2, -0.15) is 0 Å². The third kappa shape index (κ3) is 3.10. The zero-order chi connectivity index (χ0) is 17.4. The zero-order valence-corrected chi connectivity index (χ0v) is 14.8. The molecule has 3 heterocycles. The van der Waals surface area contributed by atoms with E-state index in [1.165, 1.54) is 5.56 Å². The van der Waals surface area contributed by atoms with Gasteiger partial charge in [0.25, 0.3) is 5.91 Å². The summed E-state index contributed by atoms with van der Waals surface area (Å²) in [6.45, 7) is 7.43. The van der Waals surface area contributed by atoms with Crippen molar-refractivity contribution in [3.8, 4) is 0 Å². The van der Waals surface area contributed by atoms with Crippen LogP contribution in [-0.2, 0) is 4.74 Å². The van der Waals surface area contributed by atoms with Gasteiger partial charge in [-0.15, -0.1) is 0 Å². The Balaban J connectivity index is 1.50. The lowest BCUT2D eigenvalue weighted by Crippen LogP contribution is -2.60. The molecule has 0 unspecified atom stereocenters. The van der Waals surface area contributed by atoms with Crippen molar-refractivity contribution in [2.45, 2.75) is 25.9 Å². The molecule has 132 valence electrons. The van der Waals surface area contributed by atoms with Crippen LogP contribution >= 0.6 is 0 Å². The van der Waals surface area contributed by atoms with Gasteiger partial charge in [-0.25, -0.2) is 0 Å². The molecule has 2 saturated heterocycles. The molecule has 0 saturated carbocycles. The largest absolute Gasteiger partial charge is 0.466 e. The highest BCUT2D eigenvalue weighted by Gasteiger charge is 2.38. The highest BCUT2D eigenvalue weighted by atomic mass is 16.5. The van der Waals surface area contributed by atoms with Crippen molar-refractivity contribution < 1.29 is 13.9 Å². The minimum atomic E-state index is 0.0656. The maximum Gasteiger partial charge on any atom is 0.257 e. The number of rotatable bonds is 2. The molecule has 0 bridgehead atoms. The highest BCUT2D eigenvalue weighted by molar-refractivity contribution is 5.95. The number of carbonyl (C=O) groups is 1. The SMILES string of the molecule is Cc1cc(C(=O)N2CCN3[C@@H](COC[C@@H]3c3ccccc3)C2)c(C)o1. The van der Waals surface area contributed by atoms with Crippen LogP contribution in [0.15, 0.2) is 40.8 Å². The number of nitrogens with zero attached hydrogens (tertiary/aromatic N) is 2. The number of benzene rings is 1. The van der Waals surface area contributed by atoms with Crippen molar-refractivity contribution in [2.24, 2.45) is 0 Å². The molecule has 0 spiro atoms. The van der Waals surface area contributed by atoms with Crippen LogP contribution in [0, 0.1) is 13.8 Å². The number of carbonyl (C=O) groups excluding carboxylic acids is 1. The monoisotopic (exact) mass is 340 g/mol. The molecule has 0 N–H and O–H groups in total. The molecule has 0 aliphatic carbocycles. The third-order valence-corrected chi connectivity index (χ3v) is 5.26. The second-order valence-corrected chi connectivity index (χ2v) is 6.93. The van der Waals surface area contributed by atoms with Gasteiger partial charge in [0.05, 0.1) is 30.9 Å². The number of hydrogen-bond acceptors (Lipinski definition) is 4. The standard InChI is InChI=1S/C20H24N2O3/c1-14-10-18(15(2)25-14)20(23)21-8-9-22-17(11-21)12-24-13-19(22)16-6-4-3-5-7-16/h3-7,10,17,19H,8-9,11-13H2,1-2H3/t17-,19-/m1/s1. The summed E-state index contributed by atoms with van der Waals surface area (Å²) in [7, 11) is 0. The summed E-state index contributed by atoms with van der Waals surface area (Å²) >= 11 is 0. The Morgan fingerprint density at radius 2 is 1.92 bits per heavy atom. The lowest BCUT2D eigenvalue weighted by atomic mass is 10.00. The van der Waals surface area contributed by atoms with Crippen molar-refractivity contribution >= 4 is 5.91 Å². The van der Waals surface area contributed by atoms with Crippen LogP contribution in [-0.4, -0.2) is 54.6 Å². The van der Waals surface area contributed by atoms with Gasteiger partial charge < -0.3 is 14.1 Å². The third-order valence-electron chi connectivity index (χ3n) is 5.26. The fourth-order valence-electron chi connectivity index (χ4n) is 4.00. The first-order valence-electron chi connectivity index (χ1n) is 8.88. The molecule has 5 nitrogen and oxygen atoms in total. The molecule has 5 heteroatoms. The molecular weight excluding hydrogens is 316 g/mol. The summed E-state index contributed by atoms with van der Waals surface area (Å²) in [6, 6.07) is 12.9. The van der Waals surface area contributed by atoms with E-state index < -0.39 is 0 Å². The molecular formula is C20H24N2O3. The molecule has 2 aromatic rings. The second kappa shape index (κ2) is 6.65. The number of morpholine rings is 1. The Morgan fingerprint density at radius 1 is 1.12 bits per heavy atom. The van der Waals surface area contributed by atoms with Crippen LogP contribution in [0.2, 0.25) is 0 Å². The number of furan rings is 1. The number of piperazine rings is 1.